The molecule has 2 aromatic heterocycles. The molecule has 4 rings (SSSR count). The number of carbonyl (C=O) groups is 1. The standard InChI is InChI=1S/C20H21N5O3S/c1-10-7-11(2)22-20(21-10)25-19-17(12(3)24-25)18(29-9-16(27)23-19)13-5-6-14(26)15(8-13)28-4/h5-8,18,26H,9H2,1-4H3,(H,23,27)/t18-/m0/s1. The summed E-state index contributed by atoms with van der Waals surface area (Å²) in [5, 5.41) is 17.4. The molecule has 1 aliphatic rings. The van der Waals surface area contributed by atoms with Crippen LogP contribution in [-0.2, 0) is 4.79 Å². The third-order valence-corrected chi connectivity index (χ3v) is 5.94. The first-order chi connectivity index (χ1) is 13.9. The van der Waals surface area contributed by atoms with Crippen LogP contribution < -0.4 is 10.1 Å². The van der Waals surface area contributed by atoms with Gasteiger partial charge in [-0.3, -0.25) is 4.79 Å². The van der Waals surface area contributed by atoms with E-state index < -0.39 is 0 Å². The minimum absolute atomic E-state index is 0.0698. The fourth-order valence-electron chi connectivity index (χ4n) is 3.45. The van der Waals surface area contributed by atoms with Crippen molar-refractivity contribution >= 4 is 23.5 Å². The number of methoxy groups -OCH3 is 1. The van der Waals surface area contributed by atoms with Gasteiger partial charge in [-0.15, -0.1) is 11.8 Å². The van der Waals surface area contributed by atoms with Crippen LogP contribution in [0, 0.1) is 20.8 Å². The summed E-state index contributed by atoms with van der Waals surface area (Å²) in [6.45, 7) is 5.70. The van der Waals surface area contributed by atoms with Crippen molar-refractivity contribution in [3.05, 3.63) is 52.5 Å². The molecule has 1 atom stereocenters. The molecule has 0 aliphatic carbocycles. The minimum Gasteiger partial charge on any atom is -0.504 e. The Balaban J connectivity index is 1.90. The Kier molecular flexibility index (Phi) is 4.91. The Morgan fingerprint density at radius 1 is 1.21 bits per heavy atom. The van der Waals surface area contributed by atoms with E-state index in [2.05, 4.69) is 20.4 Å². The molecular formula is C20H21N5O3S. The first-order valence-electron chi connectivity index (χ1n) is 9.08. The first-order valence-corrected chi connectivity index (χ1v) is 10.1. The molecule has 1 aliphatic heterocycles. The molecule has 0 saturated heterocycles. The predicted molar refractivity (Wildman–Crippen MR) is 111 cm³/mol. The maximum atomic E-state index is 12.4. The summed E-state index contributed by atoms with van der Waals surface area (Å²) in [7, 11) is 1.51. The fourth-order valence-corrected chi connectivity index (χ4v) is 4.63. The molecule has 150 valence electrons. The Morgan fingerprint density at radius 3 is 2.62 bits per heavy atom. The molecule has 2 N–H and O–H groups in total. The summed E-state index contributed by atoms with van der Waals surface area (Å²) in [5.74, 6) is 1.61. The molecule has 0 unspecified atom stereocenters. The van der Waals surface area contributed by atoms with E-state index in [9.17, 15) is 9.90 Å². The van der Waals surface area contributed by atoms with Gasteiger partial charge in [-0.2, -0.15) is 9.78 Å². The number of hydrogen-bond donors (Lipinski definition) is 2. The van der Waals surface area contributed by atoms with Crippen LogP contribution in [0.1, 0.15) is 33.5 Å². The number of benzene rings is 1. The van der Waals surface area contributed by atoms with Crippen molar-refractivity contribution in [3.63, 3.8) is 0 Å². The van der Waals surface area contributed by atoms with Crippen molar-refractivity contribution in [2.45, 2.75) is 26.0 Å². The van der Waals surface area contributed by atoms with E-state index in [4.69, 9.17) is 4.74 Å². The number of nitrogens with zero attached hydrogens (tertiary/aromatic N) is 4. The SMILES string of the molecule is COc1cc([C@@H]2SCC(=O)Nc3c2c(C)nn3-c2nc(C)cc(C)n2)ccc1O. The number of amides is 1. The van der Waals surface area contributed by atoms with Crippen molar-refractivity contribution in [1.82, 2.24) is 19.7 Å². The molecule has 9 heteroatoms. The average molecular weight is 411 g/mol. The van der Waals surface area contributed by atoms with Gasteiger partial charge in [-0.05, 0) is 44.5 Å². The number of fused-ring (bicyclic) bond motifs is 1. The summed E-state index contributed by atoms with van der Waals surface area (Å²) < 4.78 is 6.86. The van der Waals surface area contributed by atoms with Crippen LogP contribution >= 0.6 is 11.8 Å². The monoisotopic (exact) mass is 411 g/mol. The van der Waals surface area contributed by atoms with Crippen LogP contribution in [-0.4, -0.2) is 43.6 Å². The Labute approximate surface area is 172 Å². The third kappa shape index (κ3) is 3.53. The largest absolute Gasteiger partial charge is 0.504 e. The Morgan fingerprint density at radius 2 is 1.93 bits per heavy atom. The third-order valence-electron chi connectivity index (χ3n) is 4.67. The quantitative estimate of drug-likeness (QED) is 0.683. The van der Waals surface area contributed by atoms with Crippen LogP contribution in [0.25, 0.3) is 5.95 Å². The van der Waals surface area contributed by atoms with E-state index in [-0.39, 0.29) is 22.7 Å². The van der Waals surface area contributed by atoms with Crippen LogP contribution in [0.2, 0.25) is 0 Å². The number of phenols is 1. The summed E-state index contributed by atoms with van der Waals surface area (Å²) >= 11 is 1.50. The summed E-state index contributed by atoms with van der Waals surface area (Å²) in [6.07, 6.45) is 0. The molecule has 3 aromatic rings. The molecule has 0 bridgehead atoms. The molecule has 3 heterocycles. The van der Waals surface area contributed by atoms with Crippen LogP contribution in [0.4, 0.5) is 5.82 Å². The summed E-state index contributed by atoms with van der Waals surface area (Å²) in [6, 6.07) is 7.11. The van der Waals surface area contributed by atoms with Gasteiger partial charge >= 0.3 is 0 Å². The second-order valence-electron chi connectivity index (χ2n) is 6.88. The minimum atomic E-state index is -0.168. The fraction of sp³-hybridized carbons (Fsp3) is 0.300. The van der Waals surface area contributed by atoms with Crippen molar-refractivity contribution < 1.29 is 14.6 Å². The van der Waals surface area contributed by atoms with E-state index in [1.165, 1.54) is 18.9 Å². The van der Waals surface area contributed by atoms with Crippen LogP contribution in [0.5, 0.6) is 11.5 Å². The van der Waals surface area contributed by atoms with Crippen molar-refractivity contribution in [2.75, 3.05) is 18.2 Å². The van der Waals surface area contributed by atoms with Gasteiger partial charge in [0.05, 0.1) is 23.8 Å². The zero-order valence-corrected chi connectivity index (χ0v) is 17.4. The van der Waals surface area contributed by atoms with Gasteiger partial charge < -0.3 is 15.2 Å². The molecule has 0 saturated carbocycles. The van der Waals surface area contributed by atoms with Gasteiger partial charge in [0.25, 0.3) is 5.95 Å². The molecule has 8 nitrogen and oxygen atoms in total. The lowest BCUT2D eigenvalue weighted by Gasteiger charge is -2.16. The topological polar surface area (TPSA) is 102 Å². The lowest BCUT2D eigenvalue weighted by atomic mass is 10.0. The number of phenolic OH excluding ortho intramolecular Hbond substituents is 1. The summed E-state index contributed by atoms with van der Waals surface area (Å²) in [5.41, 5.74) is 4.21. The molecule has 0 fully saturated rings. The van der Waals surface area contributed by atoms with Gasteiger partial charge in [0, 0.05) is 17.0 Å². The number of carbonyl (C=O) groups excluding carboxylic acids is 1. The number of thioether (sulfide) groups is 1. The highest BCUT2D eigenvalue weighted by molar-refractivity contribution is 8.00. The summed E-state index contributed by atoms with van der Waals surface area (Å²) in [4.78, 5) is 21.4. The lowest BCUT2D eigenvalue weighted by Crippen LogP contribution is -2.17. The highest BCUT2D eigenvalue weighted by Gasteiger charge is 2.31. The number of hydrogen-bond acceptors (Lipinski definition) is 7. The molecule has 1 aromatic carbocycles. The highest BCUT2D eigenvalue weighted by Crippen LogP contribution is 2.45. The number of nitrogens with one attached hydrogen (secondary N) is 1. The van der Waals surface area contributed by atoms with Gasteiger partial charge in [0.2, 0.25) is 5.91 Å². The molecule has 0 radical (unpaired) electrons. The van der Waals surface area contributed by atoms with Gasteiger partial charge in [0.15, 0.2) is 11.5 Å². The Bertz CT molecular complexity index is 1090. The van der Waals surface area contributed by atoms with E-state index in [1.54, 1.807) is 16.8 Å². The number of aromatic nitrogens is 4. The second-order valence-corrected chi connectivity index (χ2v) is 7.97. The number of anilines is 1. The van der Waals surface area contributed by atoms with Crippen molar-refractivity contribution in [3.8, 4) is 17.4 Å². The van der Waals surface area contributed by atoms with Gasteiger partial charge in [-0.25, -0.2) is 9.97 Å². The van der Waals surface area contributed by atoms with E-state index in [0.717, 1.165) is 28.2 Å². The lowest BCUT2D eigenvalue weighted by molar-refractivity contribution is -0.113. The molecule has 29 heavy (non-hydrogen) atoms. The maximum absolute atomic E-state index is 12.4. The number of rotatable bonds is 3. The smallest absolute Gasteiger partial charge is 0.252 e. The van der Waals surface area contributed by atoms with Gasteiger partial charge in [-0.1, -0.05) is 6.07 Å². The first kappa shape index (κ1) is 19.3. The average Bonchev–Trinajstić information content (AvgIpc) is 2.87. The van der Waals surface area contributed by atoms with Crippen LogP contribution in [0.15, 0.2) is 24.3 Å². The Hall–Kier alpha value is -3.07. The molecular weight excluding hydrogens is 390 g/mol. The van der Waals surface area contributed by atoms with E-state index in [1.807, 2.05) is 32.9 Å². The zero-order valence-electron chi connectivity index (χ0n) is 16.6. The van der Waals surface area contributed by atoms with E-state index >= 15 is 0 Å². The van der Waals surface area contributed by atoms with Crippen molar-refractivity contribution in [1.29, 1.82) is 0 Å². The maximum Gasteiger partial charge on any atom is 0.252 e. The number of aromatic hydroxyl groups is 1. The molecule has 1 amide bonds. The number of aryl methyl sites for hydroxylation is 3. The molecule has 0 spiro atoms. The van der Waals surface area contributed by atoms with E-state index in [0.29, 0.717) is 17.5 Å². The van der Waals surface area contributed by atoms with Crippen molar-refractivity contribution in [2.24, 2.45) is 0 Å². The zero-order chi connectivity index (χ0) is 20.7. The highest BCUT2D eigenvalue weighted by atomic mass is 32.2. The second kappa shape index (κ2) is 7.40. The number of ether oxygens (including phenoxy) is 1. The van der Waals surface area contributed by atoms with Gasteiger partial charge in [0.1, 0.15) is 5.82 Å². The predicted octanol–water partition coefficient (Wildman–Crippen LogP) is 3.08. The normalized spacial score (nSPS) is 16.1. The van der Waals surface area contributed by atoms with Crippen LogP contribution in [0.3, 0.4) is 0 Å².